The molecule has 0 aromatic carbocycles. The van der Waals surface area contributed by atoms with Crippen molar-refractivity contribution in [3.05, 3.63) is 32.6 Å². The number of aliphatic hydroxyl groups is 1. The van der Waals surface area contributed by atoms with Gasteiger partial charge in [0.1, 0.15) is 18.3 Å². The Labute approximate surface area is 131 Å². The van der Waals surface area contributed by atoms with E-state index in [1.54, 1.807) is 13.8 Å². The fourth-order valence-electron chi connectivity index (χ4n) is 3.00. The van der Waals surface area contributed by atoms with Crippen molar-refractivity contribution < 1.29 is 24.1 Å². The van der Waals surface area contributed by atoms with Crippen LogP contribution in [0.4, 0.5) is 0 Å². The molecular formula is C14H20N2O7. The van der Waals surface area contributed by atoms with Crippen LogP contribution in [0.2, 0.25) is 0 Å². The van der Waals surface area contributed by atoms with E-state index in [1.807, 2.05) is 0 Å². The van der Waals surface area contributed by atoms with Crippen molar-refractivity contribution in [2.75, 3.05) is 13.7 Å². The van der Waals surface area contributed by atoms with E-state index < -0.39 is 41.6 Å². The van der Waals surface area contributed by atoms with E-state index >= 15 is 0 Å². The molecule has 9 heteroatoms. The number of aromatic nitrogens is 2. The summed E-state index contributed by atoms with van der Waals surface area (Å²) in [5.41, 5.74) is -0.839. The third-order valence-electron chi connectivity index (χ3n) is 3.92. The lowest BCUT2D eigenvalue weighted by Gasteiger charge is -2.24. The van der Waals surface area contributed by atoms with Gasteiger partial charge >= 0.3 is 5.69 Å². The summed E-state index contributed by atoms with van der Waals surface area (Å²) >= 11 is 0. The van der Waals surface area contributed by atoms with E-state index in [9.17, 15) is 14.7 Å². The average Bonchev–Trinajstić information content (AvgIpc) is 2.95. The van der Waals surface area contributed by atoms with E-state index in [4.69, 9.17) is 18.9 Å². The molecule has 0 amide bonds. The van der Waals surface area contributed by atoms with Crippen LogP contribution < -0.4 is 11.2 Å². The Morgan fingerprint density at radius 1 is 1.35 bits per heavy atom. The van der Waals surface area contributed by atoms with Crippen molar-refractivity contribution in [1.29, 1.82) is 0 Å². The van der Waals surface area contributed by atoms with Gasteiger partial charge in [-0.05, 0) is 13.8 Å². The molecule has 1 aromatic heterocycles. The number of nitrogens with zero attached hydrogens (tertiary/aromatic N) is 1. The Hall–Kier alpha value is -1.52. The van der Waals surface area contributed by atoms with Gasteiger partial charge in [0.15, 0.2) is 12.0 Å². The summed E-state index contributed by atoms with van der Waals surface area (Å²) in [5, 5.41) is 9.47. The molecule has 1 aromatic rings. The van der Waals surface area contributed by atoms with Crippen LogP contribution >= 0.6 is 0 Å². The van der Waals surface area contributed by atoms with Gasteiger partial charge in [-0.2, -0.15) is 0 Å². The molecule has 0 aliphatic carbocycles. The second-order valence-corrected chi connectivity index (χ2v) is 6.07. The summed E-state index contributed by atoms with van der Waals surface area (Å²) in [6, 6.07) is 0. The Balaban J connectivity index is 2.00. The van der Waals surface area contributed by atoms with Crippen molar-refractivity contribution in [2.24, 2.45) is 0 Å². The number of H-pyrrole nitrogens is 1. The number of aliphatic hydroxyl groups excluding tert-OH is 1. The highest BCUT2D eigenvalue weighted by molar-refractivity contribution is 5.06. The summed E-state index contributed by atoms with van der Waals surface area (Å²) in [6.07, 6.45) is -1.10. The minimum atomic E-state index is -0.841. The lowest BCUT2D eigenvalue weighted by Crippen LogP contribution is -2.38. The zero-order valence-electron chi connectivity index (χ0n) is 13.1. The standard InChI is InChI=1S/C14H20N2O7/c1-14(2)22-9-8(5-17)21-12(10(9)23-14)16-4-7(6-20-3)11(18)15-13(16)19/h4,8-10,12,17H,5-6H2,1-3H3,(H,15,18,19)/t8-,9-,10-,12-/m1/s1. The second-order valence-electron chi connectivity index (χ2n) is 6.07. The Bertz CT molecular complexity index is 695. The largest absolute Gasteiger partial charge is 0.394 e. The van der Waals surface area contributed by atoms with Gasteiger partial charge in [-0.15, -0.1) is 0 Å². The first-order valence-corrected chi connectivity index (χ1v) is 7.31. The second kappa shape index (κ2) is 5.84. The maximum absolute atomic E-state index is 12.2. The normalized spacial score (nSPS) is 32.2. The number of nitrogens with one attached hydrogen (secondary N) is 1. The monoisotopic (exact) mass is 328 g/mol. The fraction of sp³-hybridized carbons (Fsp3) is 0.714. The van der Waals surface area contributed by atoms with Crippen LogP contribution in [0.5, 0.6) is 0 Å². The molecule has 0 spiro atoms. The van der Waals surface area contributed by atoms with Gasteiger partial charge in [-0.1, -0.05) is 0 Å². The maximum Gasteiger partial charge on any atom is 0.330 e. The average molecular weight is 328 g/mol. The van der Waals surface area contributed by atoms with Gasteiger partial charge in [0.25, 0.3) is 5.56 Å². The summed E-state index contributed by atoms with van der Waals surface area (Å²) in [7, 11) is 1.45. The summed E-state index contributed by atoms with van der Waals surface area (Å²) in [5.74, 6) is -0.841. The van der Waals surface area contributed by atoms with Crippen molar-refractivity contribution in [3.63, 3.8) is 0 Å². The smallest absolute Gasteiger partial charge is 0.330 e. The van der Waals surface area contributed by atoms with Crippen molar-refractivity contribution in [3.8, 4) is 0 Å². The Morgan fingerprint density at radius 3 is 2.70 bits per heavy atom. The molecule has 0 bridgehead atoms. The summed E-state index contributed by atoms with van der Waals surface area (Å²) < 4.78 is 23.5. The molecule has 2 N–H and O–H groups in total. The minimum Gasteiger partial charge on any atom is -0.394 e. The number of fused-ring (bicyclic) bond motifs is 1. The Morgan fingerprint density at radius 2 is 2.04 bits per heavy atom. The molecule has 0 saturated carbocycles. The highest BCUT2D eigenvalue weighted by Crippen LogP contribution is 2.42. The number of rotatable bonds is 4. The Kier molecular flexibility index (Phi) is 4.15. The molecular weight excluding hydrogens is 308 g/mol. The van der Waals surface area contributed by atoms with Crippen LogP contribution in [0.15, 0.2) is 15.8 Å². The van der Waals surface area contributed by atoms with Crippen molar-refractivity contribution in [2.45, 2.75) is 50.8 Å². The number of hydrogen-bond donors (Lipinski definition) is 2. The van der Waals surface area contributed by atoms with Crippen LogP contribution in [0.25, 0.3) is 0 Å². The summed E-state index contributed by atoms with van der Waals surface area (Å²) in [4.78, 5) is 26.2. The molecule has 2 fully saturated rings. The highest BCUT2D eigenvalue weighted by atomic mass is 16.8. The lowest BCUT2D eigenvalue weighted by molar-refractivity contribution is -0.200. The van der Waals surface area contributed by atoms with E-state index in [2.05, 4.69) is 4.98 Å². The first kappa shape index (κ1) is 16.3. The fourth-order valence-corrected chi connectivity index (χ4v) is 3.00. The quantitative estimate of drug-likeness (QED) is 0.736. The topological polar surface area (TPSA) is 112 Å². The van der Waals surface area contributed by atoms with Crippen molar-refractivity contribution >= 4 is 0 Å². The molecule has 4 atom stereocenters. The molecule has 2 aliphatic rings. The first-order valence-electron chi connectivity index (χ1n) is 7.31. The number of ether oxygens (including phenoxy) is 4. The van der Waals surface area contributed by atoms with Gasteiger partial charge in [0.2, 0.25) is 0 Å². The molecule has 9 nitrogen and oxygen atoms in total. The molecule has 128 valence electrons. The highest BCUT2D eigenvalue weighted by Gasteiger charge is 2.55. The van der Waals surface area contributed by atoms with Gasteiger partial charge in [-0.25, -0.2) is 4.79 Å². The zero-order valence-corrected chi connectivity index (χ0v) is 13.1. The molecule has 23 heavy (non-hydrogen) atoms. The van der Waals surface area contributed by atoms with Gasteiger partial charge < -0.3 is 24.1 Å². The number of hydrogen-bond acceptors (Lipinski definition) is 7. The molecule has 0 unspecified atom stereocenters. The molecule has 3 heterocycles. The SMILES string of the molecule is COCc1cn([C@@H]2O[C@H](CO)[C@H]3OC(C)(C)O[C@H]32)c(=O)[nH]c1=O. The van der Waals surface area contributed by atoms with Crippen LogP contribution in [0.3, 0.4) is 0 Å². The van der Waals surface area contributed by atoms with Crippen LogP contribution in [0, 0.1) is 0 Å². The molecule has 0 radical (unpaired) electrons. The number of aromatic amines is 1. The van der Waals surface area contributed by atoms with E-state index in [0.29, 0.717) is 0 Å². The van der Waals surface area contributed by atoms with Gasteiger partial charge in [0.05, 0.1) is 18.8 Å². The van der Waals surface area contributed by atoms with Gasteiger partial charge in [0, 0.05) is 13.3 Å². The zero-order chi connectivity index (χ0) is 16.8. The van der Waals surface area contributed by atoms with Gasteiger partial charge in [-0.3, -0.25) is 14.3 Å². The maximum atomic E-state index is 12.2. The van der Waals surface area contributed by atoms with Crippen LogP contribution in [-0.2, 0) is 25.6 Å². The molecule has 2 aliphatic heterocycles. The van der Waals surface area contributed by atoms with E-state index in [1.165, 1.54) is 17.9 Å². The summed E-state index contributed by atoms with van der Waals surface area (Å²) in [6.45, 7) is 3.30. The third-order valence-corrected chi connectivity index (χ3v) is 3.92. The molecule has 2 saturated heterocycles. The minimum absolute atomic E-state index is 0.0582. The molecule has 3 rings (SSSR count). The van der Waals surface area contributed by atoms with Crippen LogP contribution in [0.1, 0.15) is 25.6 Å². The van der Waals surface area contributed by atoms with E-state index in [0.717, 1.165) is 0 Å². The predicted molar refractivity (Wildman–Crippen MR) is 76.9 cm³/mol. The van der Waals surface area contributed by atoms with Crippen molar-refractivity contribution in [1.82, 2.24) is 9.55 Å². The number of methoxy groups -OCH3 is 1. The third kappa shape index (κ3) is 2.86. The first-order chi connectivity index (χ1) is 10.9. The lowest BCUT2D eigenvalue weighted by atomic mass is 10.1. The van der Waals surface area contributed by atoms with E-state index in [-0.39, 0.29) is 18.8 Å². The van der Waals surface area contributed by atoms with Crippen LogP contribution in [-0.4, -0.2) is 52.5 Å². The predicted octanol–water partition coefficient (Wildman–Crippen LogP) is -0.907.